The van der Waals surface area contributed by atoms with Gasteiger partial charge in [-0.05, 0) is 32.1 Å². The summed E-state index contributed by atoms with van der Waals surface area (Å²) in [4.78, 5) is 12.3. The predicted octanol–water partition coefficient (Wildman–Crippen LogP) is 0.568. The molecule has 0 unspecified atom stereocenters. The number of ether oxygens (including phenoxy) is 1. The summed E-state index contributed by atoms with van der Waals surface area (Å²) in [5.74, 6) is 1.31. The zero-order valence-corrected chi connectivity index (χ0v) is 16.8. The molecule has 26 heavy (non-hydrogen) atoms. The minimum absolute atomic E-state index is 0.0445. The van der Waals surface area contributed by atoms with Gasteiger partial charge in [0.1, 0.15) is 5.82 Å². The van der Waals surface area contributed by atoms with Crippen molar-refractivity contribution in [3.8, 4) is 0 Å². The molecule has 1 amide bonds. The fraction of sp³-hybridized carbons (Fsp3) is 0.812. The number of amides is 1. The van der Waals surface area contributed by atoms with Crippen LogP contribution in [-0.2, 0) is 32.8 Å². The summed E-state index contributed by atoms with van der Waals surface area (Å²) in [5, 5.41) is 11.7. The lowest BCUT2D eigenvalue weighted by molar-refractivity contribution is -0.120. The molecule has 3 atom stereocenters. The van der Waals surface area contributed by atoms with Crippen molar-refractivity contribution in [2.75, 3.05) is 24.7 Å². The standard InChI is InChI=1S/C16H26N4O4S2/c1-11(15(21)17-9-13-4-3-6-24-13)25-16-19-18-14(20(16)2)8-12-5-7-26(22,23)10-12/h11-13H,3-10H2,1-2H3,(H,17,21)/t11-,12+,13+/m0/s1. The molecule has 0 radical (unpaired) electrons. The fourth-order valence-electron chi connectivity index (χ4n) is 3.29. The first-order valence-corrected chi connectivity index (χ1v) is 11.7. The highest BCUT2D eigenvalue weighted by Crippen LogP contribution is 2.25. The normalized spacial score (nSPS) is 26.1. The van der Waals surface area contributed by atoms with E-state index in [1.807, 2.05) is 18.5 Å². The van der Waals surface area contributed by atoms with E-state index in [2.05, 4.69) is 15.5 Å². The first kappa shape index (κ1) is 19.6. The number of hydrogen-bond donors (Lipinski definition) is 1. The smallest absolute Gasteiger partial charge is 0.233 e. The summed E-state index contributed by atoms with van der Waals surface area (Å²) in [6.07, 6.45) is 3.45. The fourth-order valence-corrected chi connectivity index (χ4v) is 6.01. The van der Waals surface area contributed by atoms with Crippen molar-refractivity contribution in [2.45, 2.75) is 49.1 Å². The molecular formula is C16H26N4O4S2. The molecule has 8 nitrogen and oxygen atoms in total. The molecule has 3 rings (SSSR count). The summed E-state index contributed by atoms with van der Waals surface area (Å²) in [6.45, 7) is 3.16. The van der Waals surface area contributed by atoms with Gasteiger partial charge in [-0.1, -0.05) is 11.8 Å². The van der Waals surface area contributed by atoms with Gasteiger partial charge in [-0.25, -0.2) is 8.42 Å². The van der Waals surface area contributed by atoms with E-state index < -0.39 is 9.84 Å². The first-order valence-electron chi connectivity index (χ1n) is 8.99. The Morgan fingerprint density at radius 2 is 2.23 bits per heavy atom. The van der Waals surface area contributed by atoms with E-state index in [1.165, 1.54) is 11.8 Å². The van der Waals surface area contributed by atoms with Crippen LogP contribution in [0.1, 0.15) is 32.0 Å². The highest BCUT2D eigenvalue weighted by atomic mass is 32.2. The number of hydrogen-bond acceptors (Lipinski definition) is 7. The Bertz CT molecular complexity index is 743. The lowest BCUT2D eigenvalue weighted by atomic mass is 10.1. The molecule has 1 aromatic rings. The van der Waals surface area contributed by atoms with Gasteiger partial charge in [0.15, 0.2) is 15.0 Å². The zero-order valence-electron chi connectivity index (χ0n) is 15.2. The van der Waals surface area contributed by atoms with Gasteiger partial charge in [-0.15, -0.1) is 10.2 Å². The molecule has 0 spiro atoms. The largest absolute Gasteiger partial charge is 0.376 e. The van der Waals surface area contributed by atoms with Gasteiger partial charge in [0.05, 0.1) is 22.9 Å². The number of aromatic nitrogens is 3. The maximum absolute atomic E-state index is 12.3. The molecule has 2 saturated heterocycles. The van der Waals surface area contributed by atoms with Crippen LogP contribution in [0.3, 0.4) is 0 Å². The number of rotatable bonds is 7. The van der Waals surface area contributed by atoms with E-state index in [-0.39, 0.29) is 34.7 Å². The molecule has 2 aliphatic rings. The molecule has 3 heterocycles. The summed E-state index contributed by atoms with van der Waals surface area (Å²) < 4.78 is 30.6. The molecule has 2 aliphatic heterocycles. The molecule has 1 N–H and O–H groups in total. The van der Waals surface area contributed by atoms with Crippen LogP contribution in [0, 0.1) is 5.92 Å². The van der Waals surface area contributed by atoms with E-state index in [4.69, 9.17) is 4.74 Å². The zero-order chi connectivity index (χ0) is 18.7. The monoisotopic (exact) mass is 402 g/mol. The predicted molar refractivity (Wildman–Crippen MR) is 98.8 cm³/mol. The summed E-state index contributed by atoms with van der Waals surface area (Å²) >= 11 is 1.36. The average Bonchev–Trinajstić information content (AvgIpc) is 3.30. The minimum Gasteiger partial charge on any atom is -0.376 e. The number of thioether (sulfide) groups is 1. The third kappa shape index (κ3) is 4.98. The third-order valence-corrected chi connectivity index (χ3v) is 7.87. The summed E-state index contributed by atoms with van der Waals surface area (Å²) in [5.41, 5.74) is 0. The number of sulfone groups is 1. The van der Waals surface area contributed by atoms with Crippen molar-refractivity contribution >= 4 is 27.5 Å². The van der Waals surface area contributed by atoms with Crippen LogP contribution in [0.5, 0.6) is 0 Å². The molecule has 1 aromatic heterocycles. The Morgan fingerprint density at radius 3 is 2.88 bits per heavy atom. The van der Waals surface area contributed by atoms with Gasteiger partial charge in [-0.2, -0.15) is 0 Å². The van der Waals surface area contributed by atoms with Crippen molar-refractivity contribution < 1.29 is 17.9 Å². The third-order valence-electron chi connectivity index (χ3n) is 4.90. The van der Waals surface area contributed by atoms with Gasteiger partial charge < -0.3 is 14.6 Å². The molecule has 0 aliphatic carbocycles. The van der Waals surface area contributed by atoms with Crippen molar-refractivity contribution in [2.24, 2.45) is 13.0 Å². The van der Waals surface area contributed by atoms with Crippen LogP contribution in [0.4, 0.5) is 0 Å². The Hall–Kier alpha value is -1.13. The second-order valence-corrected chi connectivity index (χ2v) is 10.6. The molecule has 146 valence electrons. The van der Waals surface area contributed by atoms with Crippen LogP contribution in [0.15, 0.2) is 5.16 Å². The van der Waals surface area contributed by atoms with E-state index in [0.29, 0.717) is 24.5 Å². The minimum atomic E-state index is -2.89. The van der Waals surface area contributed by atoms with Crippen molar-refractivity contribution in [1.82, 2.24) is 20.1 Å². The van der Waals surface area contributed by atoms with Gasteiger partial charge >= 0.3 is 0 Å². The van der Waals surface area contributed by atoms with Gasteiger partial charge in [0, 0.05) is 26.6 Å². The number of nitrogens with zero attached hydrogens (tertiary/aromatic N) is 3. The van der Waals surface area contributed by atoms with Crippen molar-refractivity contribution in [1.29, 1.82) is 0 Å². The molecule has 2 fully saturated rings. The average molecular weight is 403 g/mol. The van der Waals surface area contributed by atoms with Crippen LogP contribution < -0.4 is 5.32 Å². The molecule has 0 bridgehead atoms. The van der Waals surface area contributed by atoms with Crippen LogP contribution >= 0.6 is 11.8 Å². The van der Waals surface area contributed by atoms with E-state index in [1.54, 1.807) is 0 Å². The summed E-state index contributed by atoms with van der Waals surface area (Å²) in [7, 11) is -1.03. The van der Waals surface area contributed by atoms with E-state index >= 15 is 0 Å². The second-order valence-electron chi connectivity index (χ2n) is 7.07. The van der Waals surface area contributed by atoms with Crippen molar-refractivity contribution in [3.05, 3.63) is 5.82 Å². The van der Waals surface area contributed by atoms with Crippen molar-refractivity contribution in [3.63, 3.8) is 0 Å². The van der Waals surface area contributed by atoms with Crippen LogP contribution in [-0.4, -0.2) is 65.1 Å². The van der Waals surface area contributed by atoms with Gasteiger partial charge in [0.2, 0.25) is 5.91 Å². The second kappa shape index (κ2) is 8.26. The highest BCUT2D eigenvalue weighted by molar-refractivity contribution is 8.00. The Morgan fingerprint density at radius 1 is 1.42 bits per heavy atom. The summed E-state index contributed by atoms with van der Waals surface area (Å²) in [6, 6.07) is 0. The molecule has 0 saturated carbocycles. The van der Waals surface area contributed by atoms with Crippen LogP contribution in [0.2, 0.25) is 0 Å². The maximum Gasteiger partial charge on any atom is 0.233 e. The molecule has 10 heteroatoms. The number of carbonyl (C=O) groups is 1. The molecular weight excluding hydrogens is 376 g/mol. The SMILES string of the molecule is C[C@H](Sc1nnc(C[C@H]2CCS(=O)(=O)C2)n1C)C(=O)NC[C@H]1CCCO1. The number of carbonyl (C=O) groups excluding carboxylic acids is 1. The Kier molecular flexibility index (Phi) is 6.24. The van der Waals surface area contributed by atoms with E-state index in [0.717, 1.165) is 25.3 Å². The van der Waals surface area contributed by atoms with E-state index in [9.17, 15) is 13.2 Å². The Labute approximate surface area is 158 Å². The lowest BCUT2D eigenvalue weighted by Gasteiger charge is -2.14. The quantitative estimate of drug-likeness (QED) is 0.665. The number of nitrogens with one attached hydrogen (secondary N) is 1. The molecule has 0 aromatic carbocycles. The Balaban J connectivity index is 1.51. The highest BCUT2D eigenvalue weighted by Gasteiger charge is 2.29. The van der Waals surface area contributed by atoms with Crippen LogP contribution in [0.25, 0.3) is 0 Å². The first-order chi connectivity index (χ1) is 12.3. The van der Waals surface area contributed by atoms with Gasteiger partial charge in [-0.3, -0.25) is 4.79 Å². The topological polar surface area (TPSA) is 103 Å². The lowest BCUT2D eigenvalue weighted by Crippen LogP contribution is -2.36. The maximum atomic E-state index is 12.3. The van der Waals surface area contributed by atoms with Gasteiger partial charge in [0.25, 0.3) is 0 Å².